The molecular formula is C90H84N10O8. The first-order valence-electron chi connectivity index (χ1n) is 36.0. The summed E-state index contributed by atoms with van der Waals surface area (Å²) in [6.45, 7) is 10.3. The minimum Gasteiger partial charge on any atom is -0.444 e. The number of nitrogens with one attached hydrogen (secondary N) is 8. The summed E-state index contributed by atoms with van der Waals surface area (Å²) >= 11 is 0. The van der Waals surface area contributed by atoms with Gasteiger partial charge in [0.1, 0.15) is 35.4 Å². The fraction of sp³-hybridized carbons (Fsp3) is 0.178. The number of benzene rings is 8. The van der Waals surface area contributed by atoms with Gasteiger partial charge in [0.15, 0.2) is 0 Å². The number of fused-ring (bicyclic) bond motifs is 8. The van der Waals surface area contributed by atoms with Crippen LogP contribution in [0.25, 0.3) is 90.9 Å². The first-order valence-corrected chi connectivity index (χ1v) is 36.0. The molecule has 0 fully saturated rings. The van der Waals surface area contributed by atoms with Gasteiger partial charge in [0.2, 0.25) is 23.6 Å². The van der Waals surface area contributed by atoms with Crippen molar-refractivity contribution in [3.63, 3.8) is 0 Å². The van der Waals surface area contributed by atoms with E-state index in [1.54, 1.807) is 53.7 Å². The number of amides is 6. The molecule has 4 atom stereocenters. The van der Waals surface area contributed by atoms with E-state index >= 15 is 14.4 Å². The van der Waals surface area contributed by atoms with Crippen molar-refractivity contribution in [3.05, 3.63) is 300 Å². The monoisotopic (exact) mass is 1430 g/mol. The van der Waals surface area contributed by atoms with E-state index in [9.17, 15) is 14.4 Å². The van der Waals surface area contributed by atoms with E-state index in [1.165, 1.54) is 0 Å². The molecule has 0 aliphatic carbocycles. The maximum Gasteiger partial charge on any atom is 0.408 e. The third-order valence-electron chi connectivity index (χ3n) is 18.2. The second-order valence-electron chi connectivity index (χ2n) is 28.6. The molecule has 2 aliphatic heterocycles. The number of nitrogens with zero attached hydrogens (tertiary/aromatic N) is 2. The quantitative estimate of drug-likeness (QED) is 0.0319. The third kappa shape index (κ3) is 18.5. The molecule has 8 bridgehead atoms. The number of aromatic amines is 2. The predicted molar refractivity (Wildman–Crippen MR) is 429 cm³/mol. The van der Waals surface area contributed by atoms with Crippen LogP contribution in [0.5, 0.6) is 0 Å². The average Bonchev–Trinajstić information content (AvgIpc) is 1.59. The number of alkyl carbamates (subject to hydrolysis) is 2. The number of rotatable bonds is 22. The molecule has 108 heavy (non-hydrogen) atoms. The summed E-state index contributed by atoms with van der Waals surface area (Å²) in [7, 11) is 0. The summed E-state index contributed by atoms with van der Waals surface area (Å²) in [5.41, 5.74) is 13.4. The molecule has 3 aromatic heterocycles. The van der Waals surface area contributed by atoms with Gasteiger partial charge >= 0.3 is 12.2 Å². The van der Waals surface area contributed by atoms with E-state index in [4.69, 9.17) is 19.4 Å². The minimum atomic E-state index is -1.32. The highest BCUT2D eigenvalue weighted by molar-refractivity contribution is 6.07. The predicted octanol–water partition coefficient (Wildman–Crippen LogP) is 16.9. The Hall–Kier alpha value is -13.2. The Morgan fingerprint density at radius 3 is 0.880 bits per heavy atom. The lowest BCUT2D eigenvalue weighted by atomic mass is 10.0. The number of carbonyl (C=O) groups excluding carboxylic acids is 6. The van der Waals surface area contributed by atoms with Gasteiger partial charge in [-0.15, -0.1) is 0 Å². The zero-order valence-electron chi connectivity index (χ0n) is 60.9. The van der Waals surface area contributed by atoms with Crippen molar-refractivity contribution in [1.82, 2.24) is 41.2 Å². The Labute approximate surface area is 627 Å². The molecule has 18 heteroatoms. The van der Waals surface area contributed by atoms with Crippen LogP contribution in [-0.4, -0.2) is 91.1 Å². The first-order chi connectivity index (χ1) is 52.2. The SMILES string of the molecule is CC(C)(C)OC(=O)N[C@@H](Cc1ccccc1)C(=O)N[C@@H](Cc1ccccc1)C(=O)Nc1ccc(-c2c3nc(c(-c4ccccc4)c4ccc([nH]4)c(-c4ccccc4)c4nc(c(-c5ccccc5)c5ccc2[nH]5)C=C4)C=C3)cc1NC(=O)[C@H](Cc1ccccc1)NC(=O)[C@H](Cc1ccccc1)NC(=O)OC(C)(C)C. The van der Waals surface area contributed by atoms with E-state index < -0.39 is 71.2 Å². The number of aromatic nitrogens is 4. The Morgan fingerprint density at radius 1 is 0.315 bits per heavy atom. The van der Waals surface area contributed by atoms with Crippen molar-refractivity contribution in [2.24, 2.45) is 0 Å². The summed E-state index contributed by atoms with van der Waals surface area (Å²) < 4.78 is 11.3. The van der Waals surface area contributed by atoms with E-state index in [-0.39, 0.29) is 37.1 Å². The fourth-order valence-electron chi connectivity index (χ4n) is 13.3. The fourth-order valence-corrected chi connectivity index (χ4v) is 13.3. The van der Waals surface area contributed by atoms with Crippen LogP contribution in [0.4, 0.5) is 21.0 Å². The Balaban J connectivity index is 0.988. The van der Waals surface area contributed by atoms with Gasteiger partial charge < -0.3 is 51.3 Å². The highest BCUT2D eigenvalue weighted by atomic mass is 16.6. The number of hydrogen-bond donors (Lipinski definition) is 8. The van der Waals surface area contributed by atoms with E-state index in [0.717, 1.165) is 66.8 Å². The van der Waals surface area contributed by atoms with Crippen LogP contribution in [0, 0.1) is 0 Å². The lowest BCUT2D eigenvalue weighted by Gasteiger charge is -2.26. The van der Waals surface area contributed by atoms with Gasteiger partial charge in [-0.25, -0.2) is 19.6 Å². The normalized spacial score (nSPS) is 12.9. The Morgan fingerprint density at radius 2 is 0.583 bits per heavy atom. The van der Waals surface area contributed by atoms with Gasteiger partial charge in [0.25, 0.3) is 0 Å². The van der Waals surface area contributed by atoms with Crippen LogP contribution >= 0.6 is 0 Å². The minimum absolute atomic E-state index is 0.00477. The van der Waals surface area contributed by atoms with Gasteiger partial charge in [-0.2, -0.15) is 0 Å². The molecule has 0 spiro atoms. The van der Waals surface area contributed by atoms with Crippen molar-refractivity contribution < 1.29 is 38.2 Å². The van der Waals surface area contributed by atoms with Crippen molar-refractivity contribution in [1.29, 1.82) is 0 Å². The van der Waals surface area contributed by atoms with Gasteiger partial charge in [-0.1, -0.05) is 218 Å². The average molecular weight is 1430 g/mol. The highest BCUT2D eigenvalue weighted by Crippen LogP contribution is 2.40. The Bertz CT molecular complexity index is 5290. The van der Waals surface area contributed by atoms with Crippen LogP contribution in [0.15, 0.2) is 255 Å². The maximum absolute atomic E-state index is 15.9. The molecule has 11 aromatic rings. The summed E-state index contributed by atoms with van der Waals surface area (Å²) in [4.78, 5) is 107. The summed E-state index contributed by atoms with van der Waals surface area (Å²) in [6, 6.07) is 75.4. The number of hydrogen-bond acceptors (Lipinski definition) is 10. The zero-order chi connectivity index (χ0) is 75.3. The lowest BCUT2D eigenvalue weighted by Crippen LogP contribution is -2.54. The molecule has 0 unspecified atom stereocenters. The van der Waals surface area contributed by atoms with Crippen LogP contribution in [-0.2, 0) is 54.3 Å². The van der Waals surface area contributed by atoms with E-state index in [0.29, 0.717) is 44.9 Å². The second-order valence-corrected chi connectivity index (χ2v) is 28.6. The molecule has 542 valence electrons. The first kappa shape index (κ1) is 73.1. The molecule has 8 aromatic carbocycles. The van der Waals surface area contributed by atoms with E-state index in [1.807, 2.05) is 218 Å². The molecule has 0 radical (unpaired) electrons. The smallest absolute Gasteiger partial charge is 0.408 e. The standard InChI is InChI=1S/C90H84N10O8/c1-89(2,3)107-87(105)99-77(54-59-32-18-9-19-33-59)85(103)97-75(52-57-28-14-7-15-29-57)83(101)95-65-43-42-64(56-74(65)96-84(102)76(53-58-30-16-8-17-31-58)98-86(104)78(55-60-34-20-10-21-35-60)100-88(106)108-90(4,5)6)82-72-50-48-70(93-72)80(62-38-24-12-25-39-62)68-46-44-66(91-68)79(61-36-22-11-23-37-61)67-45-47-69(92-67)81(63-40-26-13-27-41-63)71-49-51-73(82)94-71/h7-51,56,75-78,91,94H,52-55H2,1-6H3,(H,95,101)(H,96,102)(H,97,103)(H,98,104)(H,99,105)(H,100,106)/t75-,76-,77-,78-/m0/s1. The summed E-state index contributed by atoms with van der Waals surface area (Å²) in [5, 5.41) is 17.8. The lowest BCUT2D eigenvalue weighted by molar-refractivity contribution is -0.128. The van der Waals surface area contributed by atoms with Crippen LogP contribution in [0.2, 0.25) is 0 Å². The molecule has 0 saturated carbocycles. The third-order valence-corrected chi connectivity index (χ3v) is 18.2. The van der Waals surface area contributed by atoms with Crippen molar-refractivity contribution in [2.75, 3.05) is 10.6 Å². The second kappa shape index (κ2) is 32.8. The van der Waals surface area contributed by atoms with E-state index in [2.05, 4.69) is 90.4 Å². The molecule has 2 aliphatic rings. The molecule has 13 rings (SSSR count). The zero-order valence-corrected chi connectivity index (χ0v) is 60.9. The summed E-state index contributed by atoms with van der Waals surface area (Å²) in [6.07, 6.45) is 6.45. The van der Waals surface area contributed by atoms with Gasteiger partial charge in [-0.3, -0.25) is 19.2 Å². The number of H-pyrrole nitrogens is 2. The van der Waals surface area contributed by atoms with Gasteiger partial charge in [0, 0.05) is 70.0 Å². The summed E-state index contributed by atoms with van der Waals surface area (Å²) in [5.74, 6) is -2.71. The van der Waals surface area contributed by atoms with Gasteiger partial charge in [0.05, 0.1) is 34.2 Å². The molecule has 8 N–H and O–H groups in total. The van der Waals surface area contributed by atoms with Crippen molar-refractivity contribution in [3.8, 4) is 44.5 Å². The molecule has 18 nitrogen and oxygen atoms in total. The number of ether oxygens (including phenoxy) is 2. The number of anilines is 2. The van der Waals surface area contributed by atoms with Crippen LogP contribution < -0.4 is 31.9 Å². The van der Waals surface area contributed by atoms with Crippen molar-refractivity contribution >= 4 is 93.6 Å². The number of carbonyl (C=O) groups is 6. The molecule has 0 saturated heterocycles. The highest BCUT2D eigenvalue weighted by Gasteiger charge is 2.33. The van der Waals surface area contributed by atoms with Gasteiger partial charge in [-0.05, 0) is 147 Å². The molecule has 5 heterocycles. The van der Waals surface area contributed by atoms with Crippen molar-refractivity contribution in [2.45, 2.75) is 103 Å². The molecular weight excluding hydrogens is 1350 g/mol. The molecule has 6 amide bonds. The van der Waals surface area contributed by atoms with Crippen LogP contribution in [0.1, 0.15) is 86.6 Å². The Kier molecular flexibility index (Phi) is 22.2. The van der Waals surface area contributed by atoms with Crippen LogP contribution in [0.3, 0.4) is 0 Å². The topological polar surface area (TPSA) is 250 Å². The maximum atomic E-state index is 15.9. The largest absolute Gasteiger partial charge is 0.444 e.